The van der Waals surface area contributed by atoms with Gasteiger partial charge in [-0.3, -0.25) is 4.79 Å². The van der Waals surface area contributed by atoms with Crippen molar-refractivity contribution < 1.29 is 25.2 Å². The third-order valence-corrected chi connectivity index (χ3v) is 10.9. The molecule has 0 spiro atoms. The number of esters is 1. The number of amides is 1. The van der Waals surface area contributed by atoms with E-state index in [0.717, 1.165) is 38.5 Å². The molecular weight excluding hydrogens is 466 g/mol. The molecule has 6 heteroatoms. The minimum atomic E-state index is -1.25. The van der Waals surface area contributed by atoms with E-state index in [2.05, 4.69) is 19.2 Å². The maximum Gasteiger partial charge on any atom is 0.408 e. The Morgan fingerprint density at radius 1 is 0.946 bits per heavy atom. The molecule has 0 unspecified atom stereocenters. The topological polar surface area (TPSA) is 81.7 Å². The number of hydrogen-bond donors (Lipinski definition) is 1. The largest absolute Gasteiger partial charge is 0.461 e. The molecule has 37 heavy (non-hydrogen) atoms. The van der Waals surface area contributed by atoms with Gasteiger partial charge in [0.15, 0.2) is 0 Å². The van der Waals surface area contributed by atoms with E-state index in [9.17, 15) is 14.4 Å². The fraction of sp³-hybridized carbons (Fsp3) is 0.903. The maximum absolute atomic E-state index is 13.2. The number of nitrogens with one attached hydrogen (secondary N) is 1. The smallest absolute Gasteiger partial charge is 0.408 e. The van der Waals surface area contributed by atoms with Crippen LogP contribution in [0.2, 0.25) is 0 Å². The number of carbonyl (C=O) groups is 3. The van der Waals surface area contributed by atoms with Crippen LogP contribution in [0.15, 0.2) is 0 Å². The number of Topliss-reactive ketones (excluding diaryl/α,β-unsaturated/α-hetero) is 1. The van der Waals surface area contributed by atoms with Crippen molar-refractivity contribution in [1.29, 1.82) is 0 Å². The number of rotatable bonds is 5. The van der Waals surface area contributed by atoms with Crippen LogP contribution in [0.4, 0.5) is 4.79 Å². The van der Waals surface area contributed by atoms with E-state index in [0.29, 0.717) is 29.5 Å². The van der Waals surface area contributed by atoms with Gasteiger partial charge in [0.1, 0.15) is 23.5 Å². The van der Waals surface area contributed by atoms with Gasteiger partial charge >= 0.3 is 12.1 Å². The zero-order valence-corrected chi connectivity index (χ0v) is 24.4. The van der Waals surface area contributed by atoms with Crippen LogP contribution in [0.3, 0.4) is 0 Å². The van der Waals surface area contributed by atoms with Crippen LogP contribution in [-0.4, -0.2) is 35.6 Å². The number of carbonyl (C=O) groups excluding carboxylic acids is 3. The van der Waals surface area contributed by atoms with Gasteiger partial charge in [-0.1, -0.05) is 27.7 Å². The number of hydrogen-bond acceptors (Lipinski definition) is 5. The third kappa shape index (κ3) is 5.45. The Morgan fingerprint density at radius 3 is 2.22 bits per heavy atom. The second-order valence-corrected chi connectivity index (χ2v) is 14.4. The number of alkyl carbamates (subject to hydrolysis) is 1. The first-order chi connectivity index (χ1) is 17.5. The van der Waals surface area contributed by atoms with Crippen molar-refractivity contribution in [3.05, 3.63) is 0 Å². The molecule has 4 saturated carbocycles. The molecule has 0 aromatic rings. The first-order valence-electron chi connectivity index (χ1n) is 15.2. The van der Waals surface area contributed by atoms with Crippen LogP contribution in [0.5, 0.6) is 0 Å². The molecule has 0 radical (unpaired) electrons. The summed E-state index contributed by atoms with van der Waals surface area (Å²) < 4.78 is 19.8. The zero-order chi connectivity index (χ0) is 28.3. The molecule has 0 aromatic carbocycles. The molecule has 4 aliphatic carbocycles. The van der Waals surface area contributed by atoms with Crippen molar-refractivity contribution in [1.82, 2.24) is 5.32 Å². The highest BCUT2D eigenvalue weighted by molar-refractivity contribution is 5.82. The minimum absolute atomic E-state index is 0.169. The van der Waals surface area contributed by atoms with Crippen LogP contribution in [0, 0.1) is 46.3 Å². The second-order valence-electron chi connectivity index (χ2n) is 14.4. The molecular formula is C31H51NO5. The van der Waals surface area contributed by atoms with E-state index in [1.165, 1.54) is 19.3 Å². The normalized spacial score (nSPS) is 40.8. The predicted molar refractivity (Wildman–Crippen MR) is 144 cm³/mol. The Morgan fingerprint density at radius 2 is 1.59 bits per heavy atom. The number of fused-ring (bicyclic) bond motifs is 5. The molecule has 0 saturated heterocycles. The fourth-order valence-electron chi connectivity index (χ4n) is 9.09. The molecule has 6 nitrogen and oxygen atoms in total. The summed E-state index contributed by atoms with van der Waals surface area (Å²) in [4.78, 5) is 38.1. The Bertz CT molecular complexity index is 938. The van der Waals surface area contributed by atoms with Gasteiger partial charge < -0.3 is 14.8 Å². The summed E-state index contributed by atoms with van der Waals surface area (Å²) in [5, 5.41) is 2.59. The molecule has 0 bridgehead atoms. The van der Waals surface area contributed by atoms with Crippen LogP contribution in [0.25, 0.3) is 0 Å². The Hall–Kier alpha value is -1.59. The van der Waals surface area contributed by atoms with Crippen molar-refractivity contribution in [3.63, 3.8) is 0 Å². The first-order valence-corrected chi connectivity index (χ1v) is 14.7. The lowest BCUT2D eigenvalue weighted by molar-refractivity contribution is -0.166. The summed E-state index contributed by atoms with van der Waals surface area (Å²) in [5.74, 6) is 1.36. The number of ether oxygens (including phenoxy) is 2. The van der Waals surface area contributed by atoms with Crippen molar-refractivity contribution >= 4 is 17.8 Å². The monoisotopic (exact) mass is 518 g/mol. The van der Waals surface area contributed by atoms with Gasteiger partial charge in [0.2, 0.25) is 0 Å². The van der Waals surface area contributed by atoms with E-state index >= 15 is 0 Å². The molecule has 4 aliphatic rings. The van der Waals surface area contributed by atoms with Gasteiger partial charge in [0.05, 0.1) is 0 Å². The predicted octanol–water partition coefficient (Wildman–Crippen LogP) is 6.70. The van der Waals surface area contributed by atoms with Gasteiger partial charge in [-0.05, 0) is 126 Å². The third-order valence-electron chi connectivity index (χ3n) is 10.9. The van der Waals surface area contributed by atoms with Crippen molar-refractivity contribution in [2.24, 2.45) is 46.3 Å². The van der Waals surface area contributed by atoms with Gasteiger partial charge in [0.25, 0.3) is 0 Å². The first kappa shape index (κ1) is 27.0. The molecule has 1 N–H and O–H groups in total. The molecule has 4 fully saturated rings. The summed E-state index contributed by atoms with van der Waals surface area (Å²) in [5.41, 5.74) is -0.286. The standard InChI is InChI=1S/C31H51NO5/c1-18(2)26(32-28(35)37-29(4,5)6)27(34)36-21-13-15-30(7)20(17-21)9-10-22-24-12-11-23(19(3)33)31(24,8)16-14-25(22)30/h18,20-26H,9-17H2,1-8H3,(H,32,35)/t20-,21+,22-,23+,24-,25-,26-,30-,31+/m0/s1/i18D. The summed E-state index contributed by atoms with van der Waals surface area (Å²) in [7, 11) is 0. The van der Waals surface area contributed by atoms with Crippen LogP contribution < -0.4 is 5.32 Å². The summed E-state index contributed by atoms with van der Waals surface area (Å²) >= 11 is 0. The molecule has 4 rings (SSSR count). The quantitative estimate of drug-likeness (QED) is 0.410. The lowest BCUT2D eigenvalue weighted by Crippen LogP contribution is -2.55. The molecule has 1 amide bonds. The number of ketones is 1. The van der Waals surface area contributed by atoms with Crippen molar-refractivity contribution in [2.45, 2.75) is 131 Å². The highest BCUT2D eigenvalue weighted by atomic mass is 16.6. The molecule has 0 aliphatic heterocycles. The van der Waals surface area contributed by atoms with E-state index in [1.807, 2.05) is 0 Å². The van der Waals surface area contributed by atoms with Gasteiger partial charge in [-0.25, -0.2) is 9.59 Å². The zero-order valence-electron chi connectivity index (χ0n) is 25.4. The van der Waals surface area contributed by atoms with Crippen molar-refractivity contribution in [2.75, 3.05) is 0 Å². The van der Waals surface area contributed by atoms with Crippen LogP contribution in [-0.2, 0) is 19.1 Å². The van der Waals surface area contributed by atoms with E-state index in [-0.39, 0.29) is 22.9 Å². The lowest BCUT2D eigenvalue weighted by Gasteiger charge is -2.61. The molecule has 9 atom stereocenters. The van der Waals surface area contributed by atoms with Crippen LogP contribution >= 0.6 is 0 Å². The highest BCUT2D eigenvalue weighted by Gasteiger charge is 2.61. The molecule has 0 heterocycles. The van der Waals surface area contributed by atoms with Gasteiger partial charge in [-0.2, -0.15) is 0 Å². The van der Waals surface area contributed by atoms with E-state index in [1.54, 1.807) is 41.5 Å². The second kappa shape index (κ2) is 10.2. The Balaban J connectivity index is 1.41. The highest BCUT2D eigenvalue weighted by Crippen LogP contribution is 2.67. The molecule has 210 valence electrons. The van der Waals surface area contributed by atoms with E-state index in [4.69, 9.17) is 10.8 Å². The Labute approximate surface area is 225 Å². The van der Waals surface area contributed by atoms with Crippen molar-refractivity contribution in [3.8, 4) is 0 Å². The molecule has 0 aromatic heterocycles. The maximum atomic E-state index is 13.2. The summed E-state index contributed by atoms with van der Waals surface area (Å²) in [6.07, 6.45) is 8.76. The fourth-order valence-corrected chi connectivity index (χ4v) is 9.09. The lowest BCUT2D eigenvalue weighted by atomic mass is 9.44. The average Bonchev–Trinajstić information content (AvgIpc) is 3.13. The van der Waals surface area contributed by atoms with E-state index < -0.39 is 29.6 Å². The van der Waals surface area contributed by atoms with Crippen LogP contribution in [0.1, 0.15) is 115 Å². The minimum Gasteiger partial charge on any atom is -0.461 e. The summed E-state index contributed by atoms with van der Waals surface area (Å²) in [6.45, 7) is 15.2. The van der Waals surface area contributed by atoms with Gasteiger partial charge in [0, 0.05) is 7.29 Å². The summed E-state index contributed by atoms with van der Waals surface area (Å²) in [6, 6.07) is -1.10. The SMILES string of the molecule is [2H]C(C)(C)[C@H](NC(=O)OC(C)(C)C)C(=O)O[C@@H]1CC[C@@]2(C)[C@@H](CC[C@@H]3[C@@H]2CC[C@]2(C)[C@@H](C(C)=O)CC[C@@H]32)C1. The Kier molecular flexibility index (Phi) is 7.43. The van der Waals surface area contributed by atoms with Gasteiger partial charge in [-0.15, -0.1) is 0 Å². The average molecular weight is 519 g/mol.